The van der Waals surface area contributed by atoms with Crippen LogP contribution in [-0.2, 0) is 0 Å². The Hall–Kier alpha value is -0.120. The fraction of sp³-hybridized carbons (Fsp3) is 1.00. The zero-order valence-electron chi connectivity index (χ0n) is 11.4. The molecule has 1 saturated heterocycles. The average Bonchev–Trinajstić information content (AvgIpc) is 2.38. The molecule has 1 unspecified atom stereocenters. The molecule has 0 spiro atoms. The predicted molar refractivity (Wildman–Crippen MR) is 73.3 cm³/mol. The van der Waals surface area contributed by atoms with Crippen LogP contribution in [0.3, 0.4) is 0 Å². The van der Waals surface area contributed by atoms with Crippen LogP contribution in [0.15, 0.2) is 0 Å². The van der Waals surface area contributed by atoms with Crippen molar-refractivity contribution in [3.8, 4) is 0 Å². The van der Waals surface area contributed by atoms with E-state index in [4.69, 9.17) is 0 Å². The number of rotatable bonds is 5. The highest BCUT2D eigenvalue weighted by Gasteiger charge is 2.18. The van der Waals surface area contributed by atoms with E-state index in [0.29, 0.717) is 6.04 Å². The van der Waals surface area contributed by atoms with E-state index in [1.54, 1.807) is 0 Å². The van der Waals surface area contributed by atoms with Crippen molar-refractivity contribution < 1.29 is 0 Å². The van der Waals surface area contributed by atoms with Gasteiger partial charge >= 0.3 is 0 Å². The molecule has 100 valence electrons. The summed E-state index contributed by atoms with van der Waals surface area (Å²) in [5.74, 6) is 1.01. The van der Waals surface area contributed by atoms with E-state index in [1.165, 1.54) is 51.6 Å². The Labute approximate surface area is 106 Å². The summed E-state index contributed by atoms with van der Waals surface area (Å²) in [5, 5.41) is 7.13. The third kappa shape index (κ3) is 4.57. The predicted octanol–water partition coefficient (Wildman–Crippen LogP) is 1.45. The standard InChI is InChI=1S/C14H29N3/c1-17-10-9-16-12-14(17)11-15-8-7-13-5-3-2-4-6-13/h13-16H,2-12H2,1H3. The van der Waals surface area contributed by atoms with Crippen molar-refractivity contribution in [3.63, 3.8) is 0 Å². The lowest BCUT2D eigenvalue weighted by molar-refractivity contribution is 0.194. The van der Waals surface area contributed by atoms with E-state index in [1.807, 2.05) is 0 Å². The van der Waals surface area contributed by atoms with E-state index < -0.39 is 0 Å². The van der Waals surface area contributed by atoms with Crippen molar-refractivity contribution in [2.75, 3.05) is 39.8 Å². The van der Waals surface area contributed by atoms with Gasteiger partial charge in [0.15, 0.2) is 0 Å². The molecule has 1 aliphatic heterocycles. The number of nitrogens with zero attached hydrogens (tertiary/aromatic N) is 1. The minimum absolute atomic E-state index is 0.690. The van der Waals surface area contributed by atoms with Gasteiger partial charge in [0.2, 0.25) is 0 Å². The maximum absolute atomic E-state index is 3.65. The third-order valence-electron chi connectivity index (χ3n) is 4.48. The van der Waals surface area contributed by atoms with Gasteiger partial charge in [0, 0.05) is 32.2 Å². The number of nitrogens with one attached hydrogen (secondary N) is 2. The van der Waals surface area contributed by atoms with E-state index in [0.717, 1.165) is 25.6 Å². The summed E-state index contributed by atoms with van der Waals surface area (Å²) in [6, 6.07) is 0.690. The summed E-state index contributed by atoms with van der Waals surface area (Å²) >= 11 is 0. The van der Waals surface area contributed by atoms with E-state index in [2.05, 4.69) is 22.6 Å². The molecule has 1 saturated carbocycles. The zero-order valence-corrected chi connectivity index (χ0v) is 11.4. The topological polar surface area (TPSA) is 27.3 Å². The van der Waals surface area contributed by atoms with Gasteiger partial charge in [-0.1, -0.05) is 32.1 Å². The van der Waals surface area contributed by atoms with Crippen LogP contribution in [0.5, 0.6) is 0 Å². The van der Waals surface area contributed by atoms with Gasteiger partial charge in [-0.15, -0.1) is 0 Å². The maximum Gasteiger partial charge on any atom is 0.0342 e. The first kappa shape index (κ1) is 13.3. The molecule has 2 aliphatic rings. The van der Waals surface area contributed by atoms with Gasteiger partial charge < -0.3 is 10.6 Å². The van der Waals surface area contributed by atoms with Crippen LogP contribution in [0.2, 0.25) is 0 Å². The molecule has 2 N–H and O–H groups in total. The monoisotopic (exact) mass is 239 g/mol. The molecular formula is C14H29N3. The van der Waals surface area contributed by atoms with Crippen molar-refractivity contribution in [1.29, 1.82) is 0 Å². The van der Waals surface area contributed by atoms with Gasteiger partial charge in [-0.2, -0.15) is 0 Å². The number of hydrogen-bond donors (Lipinski definition) is 2. The summed E-state index contributed by atoms with van der Waals surface area (Å²) in [7, 11) is 2.24. The molecule has 1 aliphatic carbocycles. The lowest BCUT2D eigenvalue weighted by atomic mass is 9.87. The molecule has 1 heterocycles. The average molecular weight is 239 g/mol. The molecule has 0 aromatic heterocycles. The van der Waals surface area contributed by atoms with Gasteiger partial charge in [-0.3, -0.25) is 4.90 Å². The molecule has 2 fully saturated rings. The van der Waals surface area contributed by atoms with Crippen LogP contribution in [-0.4, -0.2) is 50.7 Å². The van der Waals surface area contributed by atoms with Crippen LogP contribution >= 0.6 is 0 Å². The summed E-state index contributed by atoms with van der Waals surface area (Å²) in [6.07, 6.45) is 8.77. The fourth-order valence-corrected chi connectivity index (χ4v) is 3.14. The number of hydrogen-bond acceptors (Lipinski definition) is 3. The second-order valence-corrected chi connectivity index (χ2v) is 5.84. The molecular weight excluding hydrogens is 210 g/mol. The van der Waals surface area contributed by atoms with E-state index in [-0.39, 0.29) is 0 Å². The fourth-order valence-electron chi connectivity index (χ4n) is 3.14. The number of piperazine rings is 1. The smallest absolute Gasteiger partial charge is 0.0342 e. The first-order chi connectivity index (χ1) is 8.36. The second-order valence-electron chi connectivity index (χ2n) is 5.84. The molecule has 2 rings (SSSR count). The Kier molecular flexibility index (Phi) is 5.75. The molecule has 0 bridgehead atoms. The molecule has 1 atom stereocenters. The molecule has 17 heavy (non-hydrogen) atoms. The quantitative estimate of drug-likeness (QED) is 0.711. The second kappa shape index (κ2) is 7.34. The Morgan fingerprint density at radius 2 is 2.06 bits per heavy atom. The first-order valence-electron chi connectivity index (χ1n) is 7.48. The van der Waals surface area contributed by atoms with Crippen molar-refractivity contribution >= 4 is 0 Å². The highest BCUT2D eigenvalue weighted by Crippen LogP contribution is 2.25. The highest BCUT2D eigenvalue weighted by molar-refractivity contribution is 4.79. The van der Waals surface area contributed by atoms with Crippen molar-refractivity contribution in [2.45, 2.75) is 44.6 Å². The molecule has 3 heteroatoms. The molecule has 0 aromatic rings. The van der Waals surface area contributed by atoms with Crippen molar-refractivity contribution in [3.05, 3.63) is 0 Å². The Morgan fingerprint density at radius 3 is 2.82 bits per heavy atom. The SMILES string of the molecule is CN1CCNCC1CNCCC1CCCCC1. The molecule has 0 aromatic carbocycles. The van der Waals surface area contributed by atoms with Gasteiger partial charge in [-0.25, -0.2) is 0 Å². The Morgan fingerprint density at radius 1 is 1.24 bits per heavy atom. The Bertz CT molecular complexity index is 202. The van der Waals surface area contributed by atoms with Crippen molar-refractivity contribution in [2.24, 2.45) is 5.92 Å². The van der Waals surface area contributed by atoms with Crippen LogP contribution in [0.4, 0.5) is 0 Å². The minimum atomic E-state index is 0.690. The highest BCUT2D eigenvalue weighted by atomic mass is 15.2. The summed E-state index contributed by atoms with van der Waals surface area (Å²) in [6.45, 7) is 5.85. The lowest BCUT2D eigenvalue weighted by Gasteiger charge is -2.33. The molecule has 3 nitrogen and oxygen atoms in total. The van der Waals surface area contributed by atoms with Gasteiger partial charge in [-0.05, 0) is 25.9 Å². The molecule has 0 radical (unpaired) electrons. The summed E-state index contributed by atoms with van der Waals surface area (Å²) in [4.78, 5) is 2.48. The Balaban J connectivity index is 1.53. The first-order valence-corrected chi connectivity index (χ1v) is 7.48. The van der Waals surface area contributed by atoms with Gasteiger partial charge in [0.1, 0.15) is 0 Å². The maximum atomic E-state index is 3.65. The third-order valence-corrected chi connectivity index (χ3v) is 4.48. The zero-order chi connectivity index (χ0) is 11.9. The minimum Gasteiger partial charge on any atom is -0.315 e. The summed E-state index contributed by atoms with van der Waals surface area (Å²) in [5.41, 5.74) is 0. The number of likely N-dealkylation sites (N-methyl/N-ethyl adjacent to an activating group) is 1. The lowest BCUT2D eigenvalue weighted by Crippen LogP contribution is -2.53. The normalized spacial score (nSPS) is 28.4. The molecule has 0 amide bonds. The van der Waals surface area contributed by atoms with Crippen LogP contribution < -0.4 is 10.6 Å². The van der Waals surface area contributed by atoms with Gasteiger partial charge in [0.05, 0.1) is 0 Å². The van der Waals surface area contributed by atoms with E-state index in [9.17, 15) is 0 Å². The summed E-state index contributed by atoms with van der Waals surface area (Å²) < 4.78 is 0. The van der Waals surface area contributed by atoms with Crippen LogP contribution in [0, 0.1) is 5.92 Å². The van der Waals surface area contributed by atoms with Crippen LogP contribution in [0.1, 0.15) is 38.5 Å². The van der Waals surface area contributed by atoms with Crippen LogP contribution in [0.25, 0.3) is 0 Å². The van der Waals surface area contributed by atoms with E-state index >= 15 is 0 Å². The largest absolute Gasteiger partial charge is 0.315 e. The van der Waals surface area contributed by atoms with Crippen molar-refractivity contribution in [1.82, 2.24) is 15.5 Å². The van der Waals surface area contributed by atoms with Gasteiger partial charge in [0.25, 0.3) is 0 Å².